The number of nitrogens with one attached hydrogen (secondary N) is 2. The molecule has 0 radical (unpaired) electrons. The predicted octanol–water partition coefficient (Wildman–Crippen LogP) is -1.60. The first-order valence-electron chi connectivity index (χ1n) is 5.71. The number of carbonyl (C=O) groups excluding carboxylic acids is 1. The molecule has 0 aromatic carbocycles. The van der Waals surface area contributed by atoms with Crippen LogP contribution in [0.3, 0.4) is 0 Å². The Hall–Kier alpha value is -0.700. The Morgan fingerprint density at radius 3 is 2.50 bits per heavy atom. The van der Waals surface area contributed by atoms with Gasteiger partial charge >= 0.3 is 0 Å². The Morgan fingerprint density at radius 2 is 2.06 bits per heavy atom. The van der Waals surface area contributed by atoms with Gasteiger partial charge in [0.2, 0.25) is 15.9 Å². The minimum atomic E-state index is -3.31. The number of hydrogen-bond donors (Lipinski definition) is 3. The molecular formula is C10H21N3O4S. The quantitative estimate of drug-likeness (QED) is 0.561. The molecule has 8 heteroatoms. The highest BCUT2D eigenvalue weighted by molar-refractivity contribution is 7.88. The average molecular weight is 279 g/mol. The third-order valence-corrected chi connectivity index (χ3v) is 3.55. The van der Waals surface area contributed by atoms with Crippen molar-refractivity contribution in [3.63, 3.8) is 0 Å². The van der Waals surface area contributed by atoms with E-state index >= 15 is 0 Å². The molecule has 0 spiro atoms. The second kappa shape index (κ2) is 5.52. The summed E-state index contributed by atoms with van der Waals surface area (Å²) >= 11 is 0. The SMILES string of the molecule is CC(C)(CNC(=O)C1COCC1N)NS(C)(=O)=O. The average Bonchev–Trinajstić information content (AvgIpc) is 2.57. The summed E-state index contributed by atoms with van der Waals surface area (Å²) in [6.45, 7) is 4.27. The number of hydrogen-bond acceptors (Lipinski definition) is 5. The van der Waals surface area contributed by atoms with Crippen LogP contribution in [0.1, 0.15) is 13.8 Å². The number of nitrogens with two attached hydrogens (primary N) is 1. The van der Waals surface area contributed by atoms with E-state index in [2.05, 4.69) is 10.0 Å². The highest BCUT2D eigenvalue weighted by Gasteiger charge is 2.32. The molecule has 2 unspecified atom stereocenters. The van der Waals surface area contributed by atoms with Gasteiger partial charge in [0.15, 0.2) is 0 Å². The van der Waals surface area contributed by atoms with Crippen molar-refractivity contribution in [2.45, 2.75) is 25.4 Å². The van der Waals surface area contributed by atoms with Gasteiger partial charge in [-0.2, -0.15) is 0 Å². The standard InChI is InChI=1S/C10H21N3O4S/c1-10(2,13-18(3,15)16)6-12-9(14)7-4-17-5-8(7)11/h7-8,13H,4-6,11H2,1-3H3,(H,12,14). The third kappa shape index (κ3) is 4.89. The van der Waals surface area contributed by atoms with Crippen molar-refractivity contribution in [3.05, 3.63) is 0 Å². The molecular weight excluding hydrogens is 258 g/mol. The van der Waals surface area contributed by atoms with Crippen LogP contribution in [0.5, 0.6) is 0 Å². The molecule has 0 aromatic rings. The summed E-state index contributed by atoms with van der Waals surface area (Å²) in [5.74, 6) is -0.567. The zero-order valence-corrected chi connectivity index (χ0v) is 11.7. The number of ether oxygens (including phenoxy) is 1. The van der Waals surface area contributed by atoms with E-state index in [0.717, 1.165) is 6.26 Å². The van der Waals surface area contributed by atoms with Gasteiger partial charge in [0, 0.05) is 18.1 Å². The van der Waals surface area contributed by atoms with E-state index in [0.29, 0.717) is 13.2 Å². The predicted molar refractivity (Wildman–Crippen MR) is 67.4 cm³/mol. The van der Waals surface area contributed by atoms with E-state index in [1.807, 2.05) is 0 Å². The van der Waals surface area contributed by atoms with Gasteiger partial charge in [0.1, 0.15) is 0 Å². The first-order valence-corrected chi connectivity index (χ1v) is 7.60. The maximum absolute atomic E-state index is 11.8. The second-order valence-corrected chi connectivity index (χ2v) is 7.03. The minimum absolute atomic E-state index is 0.197. The molecule has 0 aliphatic carbocycles. The summed E-state index contributed by atoms with van der Waals surface area (Å²) < 4.78 is 29.8. The minimum Gasteiger partial charge on any atom is -0.379 e. The highest BCUT2D eigenvalue weighted by atomic mass is 32.2. The lowest BCUT2D eigenvalue weighted by molar-refractivity contribution is -0.125. The van der Waals surface area contributed by atoms with Crippen molar-refractivity contribution in [1.82, 2.24) is 10.0 Å². The van der Waals surface area contributed by atoms with Crippen LogP contribution < -0.4 is 15.8 Å². The fourth-order valence-corrected chi connectivity index (χ4v) is 2.89. The molecule has 2 atom stereocenters. The maximum Gasteiger partial charge on any atom is 0.227 e. The van der Waals surface area contributed by atoms with Crippen molar-refractivity contribution >= 4 is 15.9 Å². The van der Waals surface area contributed by atoms with Crippen LogP contribution >= 0.6 is 0 Å². The van der Waals surface area contributed by atoms with Crippen LogP contribution in [0.15, 0.2) is 0 Å². The molecule has 0 saturated carbocycles. The van der Waals surface area contributed by atoms with Crippen LogP contribution in [0, 0.1) is 5.92 Å². The number of sulfonamides is 1. The zero-order chi connectivity index (χ0) is 14.0. The lowest BCUT2D eigenvalue weighted by Gasteiger charge is -2.26. The van der Waals surface area contributed by atoms with Crippen LogP contribution in [0.4, 0.5) is 0 Å². The monoisotopic (exact) mass is 279 g/mol. The molecule has 4 N–H and O–H groups in total. The highest BCUT2D eigenvalue weighted by Crippen LogP contribution is 2.12. The van der Waals surface area contributed by atoms with Crippen molar-refractivity contribution in [1.29, 1.82) is 0 Å². The molecule has 1 amide bonds. The lowest BCUT2D eigenvalue weighted by atomic mass is 10.0. The van der Waals surface area contributed by atoms with Crippen LogP contribution in [-0.4, -0.2) is 51.9 Å². The van der Waals surface area contributed by atoms with Crippen LogP contribution in [-0.2, 0) is 19.6 Å². The molecule has 1 rings (SSSR count). The first kappa shape index (κ1) is 15.4. The Kier molecular flexibility index (Phi) is 4.71. The van der Waals surface area contributed by atoms with Crippen molar-refractivity contribution in [2.75, 3.05) is 26.0 Å². The fourth-order valence-electron chi connectivity index (χ4n) is 1.82. The normalized spacial score (nSPS) is 25.1. The third-order valence-electron chi connectivity index (χ3n) is 2.63. The molecule has 0 bridgehead atoms. The Bertz CT molecular complexity index is 407. The summed E-state index contributed by atoms with van der Waals surface area (Å²) in [5.41, 5.74) is 4.98. The number of rotatable bonds is 5. The first-order chi connectivity index (χ1) is 8.11. The summed E-state index contributed by atoms with van der Waals surface area (Å²) in [6, 6.07) is -0.295. The molecule has 1 aliphatic rings. The van der Waals surface area contributed by atoms with E-state index in [1.54, 1.807) is 13.8 Å². The number of carbonyl (C=O) groups is 1. The van der Waals surface area contributed by atoms with Gasteiger partial charge in [-0.25, -0.2) is 13.1 Å². The van der Waals surface area contributed by atoms with Crippen LogP contribution in [0.2, 0.25) is 0 Å². The van der Waals surface area contributed by atoms with Gasteiger partial charge in [-0.15, -0.1) is 0 Å². The molecule has 0 aromatic heterocycles. The Labute approximate surface area is 107 Å². The van der Waals surface area contributed by atoms with Gasteiger partial charge in [0.05, 0.1) is 25.4 Å². The smallest absolute Gasteiger partial charge is 0.227 e. The van der Waals surface area contributed by atoms with Gasteiger partial charge in [-0.1, -0.05) is 0 Å². The van der Waals surface area contributed by atoms with Crippen molar-refractivity contribution in [2.24, 2.45) is 11.7 Å². The van der Waals surface area contributed by atoms with Gasteiger partial charge in [-0.3, -0.25) is 4.79 Å². The summed E-state index contributed by atoms with van der Waals surface area (Å²) in [7, 11) is -3.31. The topological polar surface area (TPSA) is 111 Å². The van der Waals surface area contributed by atoms with E-state index in [-0.39, 0.29) is 24.4 Å². The van der Waals surface area contributed by atoms with E-state index in [9.17, 15) is 13.2 Å². The molecule has 1 saturated heterocycles. The molecule has 1 aliphatic heterocycles. The molecule has 1 heterocycles. The molecule has 7 nitrogen and oxygen atoms in total. The maximum atomic E-state index is 11.8. The van der Waals surface area contributed by atoms with Crippen molar-refractivity contribution < 1.29 is 17.9 Å². The van der Waals surface area contributed by atoms with E-state index in [1.165, 1.54) is 0 Å². The van der Waals surface area contributed by atoms with Crippen LogP contribution in [0.25, 0.3) is 0 Å². The summed E-state index contributed by atoms with van der Waals surface area (Å²) in [6.07, 6.45) is 1.08. The lowest BCUT2D eigenvalue weighted by Crippen LogP contribution is -2.53. The molecule has 1 fully saturated rings. The molecule has 18 heavy (non-hydrogen) atoms. The van der Waals surface area contributed by atoms with Crippen molar-refractivity contribution in [3.8, 4) is 0 Å². The second-order valence-electron chi connectivity index (χ2n) is 5.28. The van der Waals surface area contributed by atoms with E-state index in [4.69, 9.17) is 10.5 Å². The molecule has 106 valence electrons. The van der Waals surface area contributed by atoms with Gasteiger partial charge in [-0.05, 0) is 13.8 Å². The largest absolute Gasteiger partial charge is 0.379 e. The van der Waals surface area contributed by atoms with Gasteiger partial charge < -0.3 is 15.8 Å². The Morgan fingerprint density at radius 1 is 1.44 bits per heavy atom. The van der Waals surface area contributed by atoms with E-state index < -0.39 is 15.6 Å². The Balaban J connectivity index is 2.47. The number of amides is 1. The summed E-state index contributed by atoms with van der Waals surface area (Å²) in [5, 5.41) is 2.69. The van der Waals surface area contributed by atoms with Gasteiger partial charge in [0.25, 0.3) is 0 Å². The zero-order valence-electron chi connectivity index (χ0n) is 10.9. The summed E-state index contributed by atoms with van der Waals surface area (Å²) in [4.78, 5) is 11.8. The fraction of sp³-hybridized carbons (Fsp3) is 0.900.